The van der Waals surface area contributed by atoms with Crippen LogP contribution in [0.2, 0.25) is 0 Å². The quantitative estimate of drug-likeness (QED) is 0.278. The van der Waals surface area contributed by atoms with E-state index in [9.17, 15) is 4.79 Å². The van der Waals surface area contributed by atoms with Crippen LogP contribution in [0, 0.1) is 0 Å². The average molecular weight is 153 g/mol. The third kappa shape index (κ3) is 10.3. The van der Waals surface area contributed by atoms with Crippen molar-refractivity contribution in [3.8, 4) is 0 Å². The van der Waals surface area contributed by atoms with Gasteiger partial charge in [-0.2, -0.15) is 0 Å². The van der Waals surface area contributed by atoms with E-state index < -0.39 is 18.5 Å². The molecule has 0 bridgehead atoms. The molecule has 0 aromatic heterocycles. The van der Waals surface area contributed by atoms with Gasteiger partial charge in [0, 0.05) is 6.92 Å². The van der Waals surface area contributed by atoms with E-state index in [1.807, 2.05) is 0 Å². The molecular weight excluding hydrogens is 142 g/mol. The first-order valence-electron chi connectivity index (χ1n) is 2.22. The molecule has 0 saturated carbocycles. The number of carbonyl (C=O) groups is 1. The molecule has 0 fully saturated rings. The van der Waals surface area contributed by atoms with E-state index in [0.717, 1.165) is 6.92 Å². The summed E-state index contributed by atoms with van der Waals surface area (Å²) in [7, 11) is 0. The summed E-state index contributed by atoms with van der Waals surface area (Å²) in [6.45, 7) is 0.258. The van der Waals surface area contributed by atoms with Crippen LogP contribution in [0.1, 0.15) is 6.92 Å². The van der Waals surface area contributed by atoms with Crippen molar-refractivity contribution in [1.82, 2.24) is 6.15 Å². The lowest BCUT2D eigenvalue weighted by atomic mass is 10.6. The number of hydrogen-bond acceptors (Lipinski definition) is 6. The molecule has 0 radical (unpaired) electrons. The first-order chi connectivity index (χ1) is 3.92. The standard InChI is InChI=1S/C4H8O5.H3N/c1-3(5)9-2-4(6,7)8;/h6-8H,2H2,1H3;1H3. The molecule has 0 atom stereocenters. The van der Waals surface area contributed by atoms with Crippen LogP contribution in [0.3, 0.4) is 0 Å². The minimum absolute atomic E-state index is 0. The van der Waals surface area contributed by atoms with E-state index in [2.05, 4.69) is 4.74 Å². The average Bonchev–Trinajstić information content (AvgIpc) is 1.59. The van der Waals surface area contributed by atoms with Gasteiger partial charge in [-0.05, 0) is 0 Å². The van der Waals surface area contributed by atoms with Crippen molar-refractivity contribution in [2.75, 3.05) is 6.61 Å². The lowest BCUT2D eigenvalue weighted by molar-refractivity contribution is -0.327. The van der Waals surface area contributed by atoms with Gasteiger partial charge in [-0.15, -0.1) is 0 Å². The summed E-state index contributed by atoms with van der Waals surface area (Å²) >= 11 is 0. The molecule has 0 aliphatic heterocycles. The van der Waals surface area contributed by atoms with Crippen molar-refractivity contribution < 1.29 is 24.9 Å². The monoisotopic (exact) mass is 153 g/mol. The van der Waals surface area contributed by atoms with Crippen molar-refractivity contribution in [1.29, 1.82) is 0 Å². The molecule has 0 aromatic rings. The Kier molecular flexibility index (Phi) is 5.03. The fourth-order valence-electron chi connectivity index (χ4n) is 0.198. The molecule has 0 spiro atoms. The van der Waals surface area contributed by atoms with Gasteiger partial charge in [0.1, 0.15) is 0 Å². The molecule has 62 valence electrons. The molecule has 6 nitrogen and oxygen atoms in total. The summed E-state index contributed by atoms with van der Waals surface area (Å²) in [5.41, 5.74) is 0. The van der Waals surface area contributed by atoms with Crippen molar-refractivity contribution in [3.63, 3.8) is 0 Å². The molecular formula is C4H11NO5. The van der Waals surface area contributed by atoms with E-state index in [0.29, 0.717) is 0 Å². The van der Waals surface area contributed by atoms with Crippen LogP contribution in [0.25, 0.3) is 0 Å². The molecule has 6 heteroatoms. The maximum absolute atomic E-state index is 9.93. The molecule has 0 heterocycles. The van der Waals surface area contributed by atoms with Gasteiger partial charge in [-0.25, -0.2) is 0 Å². The first kappa shape index (κ1) is 12.0. The Morgan fingerprint density at radius 3 is 2.00 bits per heavy atom. The van der Waals surface area contributed by atoms with Gasteiger partial charge < -0.3 is 26.2 Å². The van der Waals surface area contributed by atoms with Crippen molar-refractivity contribution >= 4 is 5.97 Å². The van der Waals surface area contributed by atoms with Crippen LogP contribution in [0.5, 0.6) is 0 Å². The molecule has 0 amide bonds. The number of rotatable bonds is 2. The normalized spacial score (nSPS) is 10.0. The minimum Gasteiger partial charge on any atom is -0.457 e. The Labute approximate surface area is 57.6 Å². The first-order valence-corrected chi connectivity index (χ1v) is 2.22. The highest BCUT2D eigenvalue weighted by atomic mass is 16.7. The number of esters is 1. The van der Waals surface area contributed by atoms with Crippen molar-refractivity contribution in [2.24, 2.45) is 0 Å². The predicted octanol–water partition coefficient (Wildman–Crippen LogP) is -1.66. The second kappa shape index (κ2) is 4.18. The highest BCUT2D eigenvalue weighted by molar-refractivity contribution is 5.65. The highest BCUT2D eigenvalue weighted by Gasteiger charge is 2.19. The van der Waals surface area contributed by atoms with E-state index in [1.54, 1.807) is 0 Å². The van der Waals surface area contributed by atoms with Crippen LogP contribution in [0.4, 0.5) is 0 Å². The zero-order valence-corrected chi connectivity index (χ0v) is 5.57. The van der Waals surface area contributed by atoms with Gasteiger partial charge in [0.05, 0.1) is 0 Å². The summed E-state index contributed by atoms with van der Waals surface area (Å²) in [5, 5.41) is 24.3. The molecule has 0 aliphatic rings. The van der Waals surface area contributed by atoms with E-state index in [4.69, 9.17) is 15.3 Å². The van der Waals surface area contributed by atoms with Crippen LogP contribution in [0.15, 0.2) is 0 Å². The predicted molar refractivity (Wildman–Crippen MR) is 31.0 cm³/mol. The van der Waals surface area contributed by atoms with E-state index >= 15 is 0 Å². The summed E-state index contributed by atoms with van der Waals surface area (Å²) in [6, 6.07) is 0. The zero-order valence-electron chi connectivity index (χ0n) is 5.57. The van der Waals surface area contributed by atoms with Gasteiger partial charge in [0.15, 0.2) is 6.61 Å². The maximum Gasteiger partial charge on any atom is 0.311 e. The molecule has 10 heavy (non-hydrogen) atoms. The molecule has 6 N–H and O–H groups in total. The van der Waals surface area contributed by atoms with Crippen LogP contribution in [-0.2, 0) is 9.53 Å². The van der Waals surface area contributed by atoms with Crippen LogP contribution < -0.4 is 6.15 Å². The third-order valence-electron chi connectivity index (χ3n) is 0.469. The molecule has 0 saturated heterocycles. The SMILES string of the molecule is CC(=O)OCC(O)(O)O.N. The second-order valence-electron chi connectivity index (χ2n) is 1.55. The number of hydrogen-bond donors (Lipinski definition) is 4. The zero-order chi connectivity index (χ0) is 7.49. The second-order valence-corrected chi connectivity index (χ2v) is 1.55. The Morgan fingerprint density at radius 1 is 1.50 bits per heavy atom. The number of aliphatic hydroxyl groups is 3. The molecule has 0 unspecified atom stereocenters. The summed E-state index contributed by atoms with van der Waals surface area (Å²) in [6.07, 6.45) is 0. The Bertz CT molecular complexity index is 107. The van der Waals surface area contributed by atoms with Crippen LogP contribution in [-0.4, -0.2) is 33.9 Å². The van der Waals surface area contributed by atoms with Gasteiger partial charge in [-0.1, -0.05) is 0 Å². The fourth-order valence-corrected chi connectivity index (χ4v) is 0.198. The molecule has 0 aliphatic carbocycles. The third-order valence-corrected chi connectivity index (χ3v) is 0.469. The number of carbonyl (C=O) groups excluding carboxylic acids is 1. The summed E-state index contributed by atoms with van der Waals surface area (Å²) < 4.78 is 4.02. The smallest absolute Gasteiger partial charge is 0.311 e. The van der Waals surface area contributed by atoms with E-state index in [-0.39, 0.29) is 6.15 Å². The van der Waals surface area contributed by atoms with Gasteiger partial charge in [-0.3, -0.25) is 4.79 Å². The Balaban J connectivity index is 0. The highest BCUT2D eigenvalue weighted by Crippen LogP contribution is 1.92. The fraction of sp³-hybridized carbons (Fsp3) is 0.750. The topological polar surface area (TPSA) is 122 Å². The summed E-state index contributed by atoms with van der Waals surface area (Å²) in [5.74, 6) is -3.59. The van der Waals surface area contributed by atoms with Crippen LogP contribution >= 0.6 is 0 Å². The van der Waals surface area contributed by atoms with E-state index in [1.165, 1.54) is 0 Å². The number of ether oxygens (including phenoxy) is 1. The lowest BCUT2D eigenvalue weighted by Gasteiger charge is -2.12. The maximum atomic E-state index is 9.93. The Hall–Kier alpha value is -0.690. The molecule has 0 aromatic carbocycles. The largest absolute Gasteiger partial charge is 0.457 e. The van der Waals surface area contributed by atoms with Gasteiger partial charge in [0.25, 0.3) is 0 Å². The Morgan fingerprint density at radius 2 is 1.90 bits per heavy atom. The molecule has 0 rings (SSSR count). The minimum atomic E-state index is -2.91. The van der Waals surface area contributed by atoms with Gasteiger partial charge in [0.2, 0.25) is 0 Å². The van der Waals surface area contributed by atoms with Gasteiger partial charge >= 0.3 is 11.9 Å². The van der Waals surface area contributed by atoms with Crippen molar-refractivity contribution in [3.05, 3.63) is 0 Å². The van der Waals surface area contributed by atoms with Crippen molar-refractivity contribution in [2.45, 2.75) is 12.9 Å². The summed E-state index contributed by atoms with van der Waals surface area (Å²) in [4.78, 5) is 9.93. The lowest BCUT2D eigenvalue weighted by Crippen LogP contribution is -2.34.